The Labute approximate surface area is 150 Å². The van der Waals surface area contributed by atoms with E-state index < -0.39 is 5.60 Å². The summed E-state index contributed by atoms with van der Waals surface area (Å²) in [5.74, 6) is 1.88. The maximum atomic E-state index is 12.2. The van der Waals surface area contributed by atoms with Crippen LogP contribution in [-0.2, 0) is 24.2 Å². The zero-order chi connectivity index (χ0) is 18.4. The summed E-state index contributed by atoms with van der Waals surface area (Å²) in [5, 5.41) is 3.39. The van der Waals surface area contributed by atoms with E-state index in [1.807, 2.05) is 57.2 Å². The average molecular weight is 344 g/mol. The van der Waals surface area contributed by atoms with Crippen molar-refractivity contribution in [3.63, 3.8) is 0 Å². The van der Waals surface area contributed by atoms with Crippen LogP contribution in [0.15, 0.2) is 40.8 Å². The first-order chi connectivity index (χ1) is 11.8. The number of carbonyl (C=O) groups excluding carboxylic acids is 1. The normalized spacial score (nSPS) is 11.2. The molecule has 136 valence electrons. The van der Waals surface area contributed by atoms with E-state index in [0.717, 1.165) is 29.2 Å². The molecule has 0 unspecified atom stereocenters. The molecule has 0 aliphatic carbocycles. The minimum absolute atomic E-state index is 0.332. The molecule has 2 rings (SSSR count). The third kappa shape index (κ3) is 5.85. The lowest BCUT2D eigenvalue weighted by atomic mass is 10.1. The molecule has 0 aliphatic heterocycles. The number of nitrogens with one attached hydrogen (secondary N) is 1. The number of benzene rings is 1. The molecule has 1 N–H and O–H groups in total. The van der Waals surface area contributed by atoms with Crippen molar-refractivity contribution >= 4 is 11.8 Å². The monoisotopic (exact) mass is 344 g/mol. The first-order valence-corrected chi connectivity index (χ1v) is 8.62. The second kappa shape index (κ2) is 8.10. The van der Waals surface area contributed by atoms with Gasteiger partial charge < -0.3 is 19.4 Å². The molecule has 1 aromatic carbocycles. The Morgan fingerprint density at radius 3 is 2.48 bits per heavy atom. The molecule has 0 saturated heterocycles. The zero-order valence-electron chi connectivity index (χ0n) is 15.8. The Kier molecular flexibility index (Phi) is 6.12. The summed E-state index contributed by atoms with van der Waals surface area (Å²) in [6.07, 6.45) is 0.554. The van der Waals surface area contributed by atoms with Crippen LogP contribution in [0.1, 0.15) is 44.8 Å². The van der Waals surface area contributed by atoms with E-state index in [9.17, 15) is 4.79 Å². The minimum Gasteiger partial charge on any atom is -0.464 e. The number of rotatable bonds is 6. The van der Waals surface area contributed by atoms with Gasteiger partial charge in [0.25, 0.3) is 0 Å². The van der Waals surface area contributed by atoms with Crippen molar-refractivity contribution in [1.29, 1.82) is 0 Å². The molecular formula is C20H28N2O3. The van der Waals surface area contributed by atoms with Crippen LogP contribution in [0.5, 0.6) is 0 Å². The third-order valence-electron chi connectivity index (χ3n) is 3.65. The van der Waals surface area contributed by atoms with Crippen LogP contribution < -0.4 is 5.32 Å². The molecule has 0 bridgehead atoms. The molecule has 1 aromatic heterocycles. The summed E-state index contributed by atoms with van der Waals surface area (Å²) < 4.78 is 11.1. The van der Waals surface area contributed by atoms with E-state index in [-0.39, 0.29) is 6.09 Å². The molecule has 0 fully saturated rings. The molecular weight excluding hydrogens is 316 g/mol. The number of anilines is 1. The van der Waals surface area contributed by atoms with Gasteiger partial charge in [-0.05, 0) is 44.5 Å². The number of amides is 1. The predicted octanol–water partition coefficient (Wildman–Crippen LogP) is 4.82. The number of furan rings is 1. The Morgan fingerprint density at radius 1 is 1.16 bits per heavy atom. The summed E-state index contributed by atoms with van der Waals surface area (Å²) in [6.45, 7) is 8.73. The molecule has 5 heteroatoms. The standard InChI is InChI=1S/C20H28N2O3/c1-6-16-11-12-17(24-16)13-21-18-10-8-7-9-15(18)14-22(5)19(23)25-20(2,3)4/h7-12,21H,6,13-14H2,1-5H3. The van der Waals surface area contributed by atoms with Gasteiger partial charge in [0.1, 0.15) is 17.1 Å². The Hall–Kier alpha value is -2.43. The Morgan fingerprint density at radius 2 is 1.84 bits per heavy atom. The molecule has 0 spiro atoms. The predicted molar refractivity (Wildman–Crippen MR) is 99.6 cm³/mol. The Balaban J connectivity index is 2.00. The summed E-state index contributed by atoms with van der Waals surface area (Å²) in [4.78, 5) is 13.7. The van der Waals surface area contributed by atoms with Gasteiger partial charge in [0.15, 0.2) is 0 Å². The summed E-state index contributed by atoms with van der Waals surface area (Å²) >= 11 is 0. The van der Waals surface area contributed by atoms with Gasteiger partial charge >= 0.3 is 6.09 Å². The van der Waals surface area contributed by atoms with Crippen molar-refractivity contribution in [2.75, 3.05) is 12.4 Å². The van der Waals surface area contributed by atoms with E-state index in [4.69, 9.17) is 9.15 Å². The third-order valence-corrected chi connectivity index (χ3v) is 3.65. The van der Waals surface area contributed by atoms with Crippen LogP contribution in [0, 0.1) is 0 Å². The molecule has 5 nitrogen and oxygen atoms in total. The number of carbonyl (C=O) groups is 1. The fourth-order valence-electron chi connectivity index (χ4n) is 2.38. The van der Waals surface area contributed by atoms with Crippen LogP contribution in [0.4, 0.5) is 10.5 Å². The number of hydrogen-bond donors (Lipinski definition) is 1. The lowest BCUT2D eigenvalue weighted by Crippen LogP contribution is -2.33. The fraction of sp³-hybridized carbons (Fsp3) is 0.450. The van der Waals surface area contributed by atoms with E-state index in [2.05, 4.69) is 12.2 Å². The SMILES string of the molecule is CCc1ccc(CNc2ccccc2CN(C)C(=O)OC(C)(C)C)o1. The molecule has 0 radical (unpaired) electrons. The quantitative estimate of drug-likeness (QED) is 0.816. The topological polar surface area (TPSA) is 54.7 Å². The van der Waals surface area contributed by atoms with Crippen molar-refractivity contribution in [3.05, 3.63) is 53.5 Å². The lowest BCUT2D eigenvalue weighted by molar-refractivity contribution is 0.0285. The molecule has 25 heavy (non-hydrogen) atoms. The fourth-order valence-corrected chi connectivity index (χ4v) is 2.38. The lowest BCUT2D eigenvalue weighted by Gasteiger charge is -2.25. The molecule has 0 saturated carbocycles. The van der Waals surface area contributed by atoms with Crippen LogP contribution >= 0.6 is 0 Å². The first kappa shape index (κ1) is 18.9. The van der Waals surface area contributed by atoms with Gasteiger partial charge in [0, 0.05) is 19.2 Å². The highest BCUT2D eigenvalue weighted by molar-refractivity contribution is 5.68. The number of aryl methyl sites for hydroxylation is 1. The number of hydrogen-bond acceptors (Lipinski definition) is 4. The van der Waals surface area contributed by atoms with Crippen LogP contribution in [0.3, 0.4) is 0 Å². The van der Waals surface area contributed by atoms with E-state index in [1.165, 1.54) is 0 Å². The number of ether oxygens (including phenoxy) is 1. The number of para-hydroxylation sites is 1. The smallest absolute Gasteiger partial charge is 0.410 e. The van der Waals surface area contributed by atoms with Crippen molar-refractivity contribution in [1.82, 2.24) is 4.90 Å². The molecule has 2 aromatic rings. The van der Waals surface area contributed by atoms with E-state index in [1.54, 1.807) is 11.9 Å². The highest BCUT2D eigenvalue weighted by Gasteiger charge is 2.20. The van der Waals surface area contributed by atoms with Crippen LogP contribution in [0.2, 0.25) is 0 Å². The minimum atomic E-state index is -0.501. The maximum Gasteiger partial charge on any atom is 0.410 e. The van der Waals surface area contributed by atoms with Gasteiger partial charge in [-0.25, -0.2) is 4.79 Å². The second-order valence-corrected chi connectivity index (χ2v) is 7.07. The van der Waals surface area contributed by atoms with Gasteiger partial charge in [-0.3, -0.25) is 0 Å². The molecule has 1 amide bonds. The van der Waals surface area contributed by atoms with Gasteiger partial charge in [-0.2, -0.15) is 0 Å². The summed E-state index contributed by atoms with van der Waals surface area (Å²) in [6, 6.07) is 11.9. The van der Waals surface area contributed by atoms with E-state index >= 15 is 0 Å². The largest absolute Gasteiger partial charge is 0.464 e. The van der Waals surface area contributed by atoms with Crippen LogP contribution in [0.25, 0.3) is 0 Å². The molecule has 0 aliphatic rings. The second-order valence-electron chi connectivity index (χ2n) is 7.07. The molecule has 0 atom stereocenters. The molecule has 1 heterocycles. The van der Waals surface area contributed by atoms with Gasteiger partial charge in [0.05, 0.1) is 13.1 Å². The van der Waals surface area contributed by atoms with Crippen LogP contribution in [-0.4, -0.2) is 23.6 Å². The average Bonchev–Trinajstić information content (AvgIpc) is 3.00. The first-order valence-electron chi connectivity index (χ1n) is 8.62. The zero-order valence-corrected chi connectivity index (χ0v) is 15.8. The van der Waals surface area contributed by atoms with Gasteiger partial charge in [-0.15, -0.1) is 0 Å². The van der Waals surface area contributed by atoms with Crippen molar-refractivity contribution in [2.45, 2.75) is 52.8 Å². The Bertz CT molecular complexity index is 701. The highest BCUT2D eigenvalue weighted by Crippen LogP contribution is 2.20. The van der Waals surface area contributed by atoms with Crippen molar-refractivity contribution in [3.8, 4) is 0 Å². The highest BCUT2D eigenvalue weighted by atomic mass is 16.6. The van der Waals surface area contributed by atoms with E-state index in [0.29, 0.717) is 13.1 Å². The number of nitrogens with zero attached hydrogens (tertiary/aromatic N) is 1. The van der Waals surface area contributed by atoms with Crippen molar-refractivity contribution in [2.24, 2.45) is 0 Å². The summed E-state index contributed by atoms with van der Waals surface area (Å²) in [5.41, 5.74) is 1.50. The van der Waals surface area contributed by atoms with Gasteiger partial charge in [0.2, 0.25) is 0 Å². The van der Waals surface area contributed by atoms with Gasteiger partial charge in [-0.1, -0.05) is 25.1 Å². The summed E-state index contributed by atoms with van der Waals surface area (Å²) in [7, 11) is 1.74. The maximum absolute atomic E-state index is 12.2. The van der Waals surface area contributed by atoms with Crippen molar-refractivity contribution < 1.29 is 13.9 Å².